The second-order valence-electron chi connectivity index (χ2n) is 4.43. The molecule has 1 aliphatic rings. The molecule has 17 heavy (non-hydrogen) atoms. The summed E-state index contributed by atoms with van der Waals surface area (Å²) < 4.78 is 22.4. The summed E-state index contributed by atoms with van der Waals surface area (Å²) in [5.74, 6) is 0.680. The van der Waals surface area contributed by atoms with Crippen LogP contribution in [-0.4, -0.2) is 55.1 Å². The molecule has 1 rings (SSSR count). The van der Waals surface area contributed by atoms with Crippen LogP contribution < -0.4 is 5.32 Å². The minimum Gasteiger partial charge on any atom is -0.396 e. The molecule has 1 amide bonds. The molecule has 7 heteroatoms. The zero-order valence-corrected chi connectivity index (χ0v) is 11.5. The largest absolute Gasteiger partial charge is 0.396 e. The van der Waals surface area contributed by atoms with E-state index >= 15 is 0 Å². The molecule has 0 aromatic rings. The predicted octanol–water partition coefficient (Wildman–Crippen LogP) is -0.349. The van der Waals surface area contributed by atoms with Crippen molar-refractivity contribution in [2.24, 2.45) is 5.92 Å². The summed E-state index contributed by atoms with van der Waals surface area (Å²) in [4.78, 5) is 11.4. The lowest BCUT2D eigenvalue weighted by atomic mass is 10.2. The molecule has 1 heterocycles. The van der Waals surface area contributed by atoms with Gasteiger partial charge in [0.15, 0.2) is 9.84 Å². The Bertz CT molecular complexity index is 355. The van der Waals surface area contributed by atoms with Gasteiger partial charge in [-0.05, 0) is 12.3 Å². The molecule has 0 radical (unpaired) electrons. The zero-order valence-electron chi connectivity index (χ0n) is 9.89. The van der Waals surface area contributed by atoms with Crippen LogP contribution in [0.4, 0.5) is 0 Å². The number of hydrogen-bond donors (Lipinski definition) is 2. The summed E-state index contributed by atoms with van der Waals surface area (Å²) >= 11 is 1.40. The Kier molecular flexibility index (Phi) is 5.75. The highest BCUT2D eigenvalue weighted by atomic mass is 32.2. The number of sulfone groups is 1. The summed E-state index contributed by atoms with van der Waals surface area (Å²) in [7, 11) is -2.86. The first-order chi connectivity index (χ1) is 7.93. The summed E-state index contributed by atoms with van der Waals surface area (Å²) in [5, 5.41) is 11.5. The lowest BCUT2D eigenvalue weighted by molar-refractivity contribution is -0.118. The number of amides is 1. The lowest BCUT2D eigenvalue weighted by Gasteiger charge is -2.10. The molecule has 0 aromatic heterocycles. The van der Waals surface area contributed by atoms with Crippen LogP contribution in [0.15, 0.2) is 0 Å². The number of aliphatic hydroxyl groups excluding tert-OH is 1. The molecular weight excluding hydrogens is 262 g/mol. The predicted molar refractivity (Wildman–Crippen MR) is 68.8 cm³/mol. The number of carbonyl (C=O) groups is 1. The average molecular weight is 281 g/mol. The van der Waals surface area contributed by atoms with Gasteiger partial charge in [0, 0.05) is 18.4 Å². The first-order valence-electron chi connectivity index (χ1n) is 5.62. The maximum Gasteiger partial charge on any atom is 0.230 e. The third-order valence-electron chi connectivity index (χ3n) is 2.60. The van der Waals surface area contributed by atoms with Crippen molar-refractivity contribution in [2.75, 3.05) is 30.4 Å². The average Bonchev–Trinajstić information content (AvgIpc) is 2.63. The molecule has 5 nitrogen and oxygen atoms in total. The van der Waals surface area contributed by atoms with E-state index in [2.05, 4.69) is 5.32 Å². The molecule has 0 bridgehead atoms. The Morgan fingerprint density at radius 1 is 1.59 bits per heavy atom. The monoisotopic (exact) mass is 281 g/mol. The summed E-state index contributed by atoms with van der Waals surface area (Å²) in [5.41, 5.74) is 0. The van der Waals surface area contributed by atoms with Gasteiger partial charge in [0.25, 0.3) is 0 Å². The quantitative estimate of drug-likeness (QED) is 0.695. The third-order valence-corrected chi connectivity index (χ3v) is 5.88. The minimum atomic E-state index is -2.86. The van der Waals surface area contributed by atoms with Crippen LogP contribution in [0.3, 0.4) is 0 Å². The third kappa shape index (κ3) is 5.74. The molecule has 0 aliphatic carbocycles. The SMILES string of the molecule is CC(CO)CNC(=O)CSC1CCS(=O)(=O)C1. The Hall–Kier alpha value is -0.270. The molecule has 2 N–H and O–H groups in total. The number of hydrogen-bond acceptors (Lipinski definition) is 5. The van der Waals surface area contributed by atoms with Gasteiger partial charge in [-0.3, -0.25) is 4.79 Å². The van der Waals surface area contributed by atoms with Crippen LogP contribution in [0.5, 0.6) is 0 Å². The van der Waals surface area contributed by atoms with Crippen molar-refractivity contribution in [2.45, 2.75) is 18.6 Å². The van der Waals surface area contributed by atoms with E-state index in [1.807, 2.05) is 6.92 Å². The van der Waals surface area contributed by atoms with Gasteiger partial charge < -0.3 is 10.4 Å². The van der Waals surface area contributed by atoms with E-state index in [-0.39, 0.29) is 35.2 Å². The van der Waals surface area contributed by atoms with Crippen LogP contribution in [0, 0.1) is 5.92 Å². The number of rotatable bonds is 6. The van der Waals surface area contributed by atoms with Gasteiger partial charge in [-0.15, -0.1) is 11.8 Å². The van der Waals surface area contributed by atoms with Gasteiger partial charge in [0.1, 0.15) is 0 Å². The highest BCUT2D eigenvalue weighted by Crippen LogP contribution is 2.23. The molecule has 0 saturated carbocycles. The minimum absolute atomic E-state index is 0.0499. The molecule has 100 valence electrons. The van der Waals surface area contributed by atoms with Crippen molar-refractivity contribution in [3.05, 3.63) is 0 Å². The summed E-state index contributed by atoms with van der Waals surface area (Å²) in [6.07, 6.45) is 0.646. The Morgan fingerprint density at radius 2 is 2.29 bits per heavy atom. The van der Waals surface area contributed by atoms with Gasteiger partial charge in [-0.25, -0.2) is 8.42 Å². The molecular formula is C10H19NO4S2. The van der Waals surface area contributed by atoms with Gasteiger partial charge in [0.2, 0.25) is 5.91 Å². The summed E-state index contributed by atoms with van der Waals surface area (Å²) in [6.45, 7) is 2.35. The molecule has 2 unspecified atom stereocenters. The van der Waals surface area contributed by atoms with Crippen molar-refractivity contribution in [3.63, 3.8) is 0 Å². The van der Waals surface area contributed by atoms with E-state index in [0.29, 0.717) is 18.7 Å². The molecule has 2 atom stereocenters. The topological polar surface area (TPSA) is 83.5 Å². The van der Waals surface area contributed by atoms with E-state index in [1.54, 1.807) is 0 Å². The number of nitrogens with one attached hydrogen (secondary N) is 1. The maximum atomic E-state index is 11.4. The van der Waals surface area contributed by atoms with Crippen molar-refractivity contribution < 1.29 is 18.3 Å². The van der Waals surface area contributed by atoms with Gasteiger partial charge >= 0.3 is 0 Å². The smallest absolute Gasteiger partial charge is 0.230 e. The van der Waals surface area contributed by atoms with Crippen molar-refractivity contribution in [3.8, 4) is 0 Å². The normalized spacial score (nSPS) is 24.5. The maximum absolute atomic E-state index is 11.4. The van der Waals surface area contributed by atoms with E-state index in [0.717, 1.165) is 0 Å². The van der Waals surface area contributed by atoms with Gasteiger partial charge in [0.05, 0.1) is 17.3 Å². The molecule has 1 fully saturated rings. The van der Waals surface area contributed by atoms with E-state index in [4.69, 9.17) is 5.11 Å². The highest BCUT2D eigenvalue weighted by Gasteiger charge is 2.28. The van der Waals surface area contributed by atoms with Crippen molar-refractivity contribution in [1.29, 1.82) is 0 Å². The first-order valence-corrected chi connectivity index (χ1v) is 8.49. The fraction of sp³-hybridized carbons (Fsp3) is 0.900. The number of aliphatic hydroxyl groups is 1. The van der Waals surface area contributed by atoms with Crippen LogP contribution in [0.1, 0.15) is 13.3 Å². The molecule has 1 saturated heterocycles. The Labute approximate surface area is 106 Å². The van der Waals surface area contributed by atoms with Crippen LogP contribution in [0.2, 0.25) is 0 Å². The first kappa shape index (κ1) is 14.8. The zero-order chi connectivity index (χ0) is 12.9. The van der Waals surface area contributed by atoms with E-state index < -0.39 is 9.84 Å². The molecule has 0 spiro atoms. The number of thioether (sulfide) groups is 1. The van der Waals surface area contributed by atoms with Gasteiger partial charge in [-0.2, -0.15) is 0 Å². The fourth-order valence-electron chi connectivity index (χ4n) is 1.49. The lowest BCUT2D eigenvalue weighted by Crippen LogP contribution is -2.31. The van der Waals surface area contributed by atoms with Crippen LogP contribution in [-0.2, 0) is 14.6 Å². The van der Waals surface area contributed by atoms with E-state index in [9.17, 15) is 13.2 Å². The van der Waals surface area contributed by atoms with E-state index in [1.165, 1.54) is 11.8 Å². The van der Waals surface area contributed by atoms with Gasteiger partial charge in [-0.1, -0.05) is 6.92 Å². The second kappa shape index (κ2) is 6.61. The second-order valence-corrected chi connectivity index (χ2v) is 7.95. The Balaban J connectivity index is 2.16. The molecule has 1 aliphatic heterocycles. The standard InChI is InChI=1S/C10H19NO4S2/c1-8(5-12)4-11-10(13)6-16-9-2-3-17(14,15)7-9/h8-9,12H,2-7H2,1H3,(H,11,13). The van der Waals surface area contributed by atoms with Crippen molar-refractivity contribution >= 4 is 27.5 Å². The highest BCUT2D eigenvalue weighted by molar-refractivity contribution is 8.02. The van der Waals surface area contributed by atoms with Crippen LogP contribution in [0.25, 0.3) is 0 Å². The Morgan fingerprint density at radius 3 is 2.82 bits per heavy atom. The molecule has 0 aromatic carbocycles. The van der Waals surface area contributed by atoms with Crippen molar-refractivity contribution in [1.82, 2.24) is 5.32 Å². The number of carbonyl (C=O) groups excluding carboxylic acids is 1. The van der Waals surface area contributed by atoms with Crippen LogP contribution >= 0.6 is 11.8 Å². The summed E-state index contributed by atoms with van der Waals surface area (Å²) in [6, 6.07) is 0. The fourth-order valence-corrected chi connectivity index (χ4v) is 4.96.